The highest BCUT2D eigenvalue weighted by molar-refractivity contribution is 7.14. The third-order valence-electron chi connectivity index (χ3n) is 2.52. The molecule has 0 amide bonds. The molecule has 100 valence electrons. The summed E-state index contributed by atoms with van der Waals surface area (Å²) in [5.41, 5.74) is 4.84. The molecule has 0 unspecified atom stereocenters. The molecule has 2 heterocycles. The molecule has 0 fully saturated rings. The molecule has 0 aliphatic carbocycles. The van der Waals surface area contributed by atoms with Gasteiger partial charge in [0, 0.05) is 10.9 Å². The number of thiophene rings is 1. The summed E-state index contributed by atoms with van der Waals surface area (Å²) < 4.78 is 12.8. The Morgan fingerprint density at radius 2 is 2.00 bits per heavy atom. The van der Waals surface area contributed by atoms with Gasteiger partial charge >= 0.3 is 0 Å². The summed E-state index contributed by atoms with van der Waals surface area (Å²) in [4.78, 5) is 5.20. The minimum Gasteiger partial charge on any atom is -0.253 e. The molecule has 0 saturated heterocycles. The average Bonchev–Trinajstić information content (AvgIpc) is 3.09. The van der Waals surface area contributed by atoms with E-state index in [2.05, 4.69) is 15.5 Å². The van der Waals surface area contributed by atoms with Crippen molar-refractivity contribution >= 4 is 34.0 Å². The fourth-order valence-electron chi connectivity index (χ4n) is 1.62. The monoisotopic (exact) mass is 303 g/mol. The molecule has 0 atom stereocenters. The van der Waals surface area contributed by atoms with Crippen molar-refractivity contribution < 1.29 is 4.39 Å². The standard InChI is InChI=1S/C14H10FN3S2/c15-13-7-6-11(20-13)8-16-18-14-17-12(9-19-14)10-4-2-1-3-5-10/h1-9H,(H,17,18)/b16-8+. The van der Waals surface area contributed by atoms with Gasteiger partial charge < -0.3 is 0 Å². The second-order valence-electron chi connectivity index (χ2n) is 3.92. The van der Waals surface area contributed by atoms with Crippen LogP contribution in [0.3, 0.4) is 0 Å². The van der Waals surface area contributed by atoms with Crippen LogP contribution in [0.5, 0.6) is 0 Å². The summed E-state index contributed by atoms with van der Waals surface area (Å²) >= 11 is 2.53. The predicted octanol–water partition coefficient (Wildman–Crippen LogP) is 4.46. The van der Waals surface area contributed by atoms with Gasteiger partial charge in [0.15, 0.2) is 5.13 Å². The van der Waals surface area contributed by atoms with Crippen LogP contribution in [0.2, 0.25) is 0 Å². The molecule has 0 saturated carbocycles. The largest absolute Gasteiger partial charge is 0.253 e. The van der Waals surface area contributed by atoms with E-state index in [0.717, 1.165) is 27.5 Å². The number of nitrogens with one attached hydrogen (secondary N) is 1. The van der Waals surface area contributed by atoms with Crippen molar-refractivity contribution in [2.75, 3.05) is 5.43 Å². The SMILES string of the molecule is Fc1ccc(/C=N/Nc2nc(-c3ccccc3)cs2)s1. The zero-order valence-corrected chi connectivity index (χ0v) is 11.9. The molecular weight excluding hydrogens is 293 g/mol. The van der Waals surface area contributed by atoms with Crippen LogP contribution in [0.15, 0.2) is 52.9 Å². The molecule has 0 spiro atoms. The highest BCUT2D eigenvalue weighted by atomic mass is 32.1. The normalized spacial score (nSPS) is 11.1. The summed E-state index contributed by atoms with van der Waals surface area (Å²) in [6, 6.07) is 13.1. The first-order valence-corrected chi connectivity index (χ1v) is 7.56. The molecular formula is C14H10FN3S2. The minimum absolute atomic E-state index is 0.216. The van der Waals surface area contributed by atoms with Crippen molar-refractivity contribution in [3.8, 4) is 11.3 Å². The quantitative estimate of drug-likeness (QED) is 0.571. The number of aromatic nitrogens is 1. The molecule has 3 rings (SSSR count). The number of anilines is 1. The third-order valence-corrected chi connectivity index (χ3v) is 4.07. The summed E-state index contributed by atoms with van der Waals surface area (Å²) in [5, 5.41) is 6.51. The van der Waals surface area contributed by atoms with Gasteiger partial charge in [-0.3, -0.25) is 5.43 Å². The molecule has 1 N–H and O–H groups in total. The number of nitrogens with zero attached hydrogens (tertiary/aromatic N) is 2. The maximum atomic E-state index is 12.8. The Bertz CT molecular complexity index is 719. The van der Waals surface area contributed by atoms with Crippen molar-refractivity contribution in [3.63, 3.8) is 0 Å². The van der Waals surface area contributed by atoms with Gasteiger partial charge in [0.2, 0.25) is 5.13 Å². The number of hydrogen-bond acceptors (Lipinski definition) is 5. The van der Waals surface area contributed by atoms with Crippen molar-refractivity contribution in [2.45, 2.75) is 0 Å². The number of hydrazone groups is 1. The van der Waals surface area contributed by atoms with Crippen LogP contribution in [0.4, 0.5) is 9.52 Å². The Kier molecular flexibility index (Phi) is 3.85. The van der Waals surface area contributed by atoms with Crippen LogP contribution < -0.4 is 5.43 Å². The van der Waals surface area contributed by atoms with E-state index in [1.807, 2.05) is 35.7 Å². The molecule has 2 aromatic heterocycles. The van der Waals surface area contributed by atoms with Gasteiger partial charge in [-0.05, 0) is 12.1 Å². The highest BCUT2D eigenvalue weighted by Crippen LogP contribution is 2.24. The molecule has 0 aliphatic heterocycles. The van der Waals surface area contributed by atoms with Crippen LogP contribution in [-0.4, -0.2) is 11.2 Å². The van der Waals surface area contributed by atoms with Crippen molar-refractivity contribution in [1.82, 2.24) is 4.98 Å². The Balaban J connectivity index is 1.67. The van der Waals surface area contributed by atoms with E-state index in [1.165, 1.54) is 17.4 Å². The Hall–Kier alpha value is -2.05. The number of benzene rings is 1. The topological polar surface area (TPSA) is 37.3 Å². The Morgan fingerprint density at radius 3 is 2.75 bits per heavy atom. The third kappa shape index (κ3) is 3.09. The average molecular weight is 303 g/mol. The maximum Gasteiger partial charge on any atom is 0.203 e. The fraction of sp³-hybridized carbons (Fsp3) is 0. The van der Waals surface area contributed by atoms with Gasteiger partial charge in [-0.15, -0.1) is 22.7 Å². The Labute approximate surface area is 123 Å². The lowest BCUT2D eigenvalue weighted by Gasteiger charge is -1.94. The van der Waals surface area contributed by atoms with E-state index in [0.29, 0.717) is 5.13 Å². The lowest BCUT2D eigenvalue weighted by atomic mass is 10.2. The zero-order chi connectivity index (χ0) is 13.8. The summed E-state index contributed by atoms with van der Waals surface area (Å²) in [7, 11) is 0. The summed E-state index contributed by atoms with van der Waals surface area (Å²) in [6.07, 6.45) is 1.58. The molecule has 1 aromatic carbocycles. The minimum atomic E-state index is -0.216. The molecule has 3 nitrogen and oxygen atoms in total. The second kappa shape index (κ2) is 5.94. The zero-order valence-electron chi connectivity index (χ0n) is 10.3. The van der Waals surface area contributed by atoms with E-state index < -0.39 is 0 Å². The number of halogens is 1. The summed E-state index contributed by atoms with van der Waals surface area (Å²) in [5.74, 6) is 0. The van der Waals surface area contributed by atoms with Crippen LogP contribution in [0.1, 0.15) is 4.88 Å². The van der Waals surface area contributed by atoms with Crippen molar-refractivity contribution in [3.05, 3.63) is 57.9 Å². The van der Waals surface area contributed by atoms with Gasteiger partial charge in [-0.25, -0.2) is 4.98 Å². The smallest absolute Gasteiger partial charge is 0.203 e. The van der Waals surface area contributed by atoms with Crippen LogP contribution in [-0.2, 0) is 0 Å². The van der Waals surface area contributed by atoms with E-state index in [4.69, 9.17) is 0 Å². The molecule has 20 heavy (non-hydrogen) atoms. The van der Waals surface area contributed by atoms with E-state index >= 15 is 0 Å². The first-order valence-electron chi connectivity index (χ1n) is 5.86. The molecule has 6 heteroatoms. The van der Waals surface area contributed by atoms with Gasteiger partial charge in [0.05, 0.1) is 16.8 Å². The van der Waals surface area contributed by atoms with Crippen LogP contribution in [0.25, 0.3) is 11.3 Å². The van der Waals surface area contributed by atoms with Gasteiger partial charge in [0.1, 0.15) is 0 Å². The molecule has 3 aromatic rings. The predicted molar refractivity (Wildman–Crippen MR) is 83.0 cm³/mol. The van der Waals surface area contributed by atoms with Gasteiger partial charge in [-0.2, -0.15) is 9.49 Å². The van der Waals surface area contributed by atoms with Crippen molar-refractivity contribution in [2.24, 2.45) is 5.10 Å². The van der Waals surface area contributed by atoms with Crippen molar-refractivity contribution in [1.29, 1.82) is 0 Å². The van der Waals surface area contributed by atoms with Gasteiger partial charge in [-0.1, -0.05) is 30.3 Å². The van der Waals surface area contributed by atoms with Crippen LogP contribution >= 0.6 is 22.7 Å². The molecule has 0 bridgehead atoms. The Morgan fingerprint density at radius 1 is 1.15 bits per heavy atom. The summed E-state index contributed by atoms with van der Waals surface area (Å²) in [6.45, 7) is 0. The lowest BCUT2D eigenvalue weighted by molar-refractivity contribution is 0.657. The molecule has 0 radical (unpaired) electrons. The second-order valence-corrected chi connectivity index (χ2v) is 5.84. The fourth-order valence-corrected chi connectivity index (χ4v) is 2.89. The lowest BCUT2D eigenvalue weighted by Crippen LogP contribution is -1.88. The van der Waals surface area contributed by atoms with Gasteiger partial charge in [0.25, 0.3) is 0 Å². The van der Waals surface area contributed by atoms with E-state index in [9.17, 15) is 4.39 Å². The number of thiazole rings is 1. The first-order chi connectivity index (χ1) is 9.81. The maximum absolute atomic E-state index is 12.8. The number of hydrogen-bond donors (Lipinski definition) is 1. The van der Waals surface area contributed by atoms with Crippen LogP contribution in [0, 0.1) is 5.13 Å². The highest BCUT2D eigenvalue weighted by Gasteiger charge is 2.02. The van der Waals surface area contributed by atoms with E-state index in [-0.39, 0.29) is 5.13 Å². The first kappa shape index (κ1) is 13.0. The molecule has 0 aliphatic rings. The number of rotatable bonds is 4. The van der Waals surface area contributed by atoms with E-state index in [1.54, 1.807) is 12.3 Å².